The molecule has 0 aliphatic heterocycles. The molecule has 0 amide bonds. The van der Waals surface area contributed by atoms with Crippen LogP contribution in [0.5, 0.6) is 0 Å². The molecule has 0 aromatic heterocycles. The van der Waals surface area contributed by atoms with E-state index in [0.29, 0.717) is 0 Å². The van der Waals surface area contributed by atoms with Gasteiger partial charge >= 0.3 is 0 Å². The van der Waals surface area contributed by atoms with Gasteiger partial charge in [0.15, 0.2) is 0 Å². The molecule has 2 atom stereocenters. The molecular formula is C11H25NO. The van der Waals surface area contributed by atoms with Crippen molar-refractivity contribution in [2.24, 2.45) is 5.73 Å². The topological polar surface area (TPSA) is 35.2 Å². The van der Waals surface area contributed by atoms with Gasteiger partial charge < -0.3 is 10.5 Å². The predicted molar refractivity (Wildman–Crippen MR) is 57.8 cm³/mol. The molecule has 2 unspecified atom stereocenters. The second-order valence-corrected chi connectivity index (χ2v) is 3.59. The fraction of sp³-hybridized carbons (Fsp3) is 1.00. The summed E-state index contributed by atoms with van der Waals surface area (Å²) in [5, 5.41) is 0. The van der Waals surface area contributed by atoms with Gasteiger partial charge in [0.2, 0.25) is 0 Å². The van der Waals surface area contributed by atoms with Gasteiger partial charge in [0.1, 0.15) is 0 Å². The minimum absolute atomic E-state index is 0.236. The molecule has 0 aromatic rings. The van der Waals surface area contributed by atoms with E-state index in [1.165, 1.54) is 12.8 Å². The summed E-state index contributed by atoms with van der Waals surface area (Å²) in [5.74, 6) is 0. The first kappa shape index (κ1) is 12.9. The van der Waals surface area contributed by atoms with Crippen LogP contribution in [-0.4, -0.2) is 18.8 Å². The van der Waals surface area contributed by atoms with Gasteiger partial charge in [-0.15, -0.1) is 0 Å². The van der Waals surface area contributed by atoms with Crippen molar-refractivity contribution < 1.29 is 4.74 Å². The summed E-state index contributed by atoms with van der Waals surface area (Å²) in [7, 11) is 0. The lowest BCUT2D eigenvalue weighted by Crippen LogP contribution is -2.36. The van der Waals surface area contributed by atoms with Crippen LogP contribution in [0.1, 0.15) is 52.9 Å². The summed E-state index contributed by atoms with van der Waals surface area (Å²) < 4.78 is 5.62. The Morgan fingerprint density at radius 3 is 2.23 bits per heavy atom. The van der Waals surface area contributed by atoms with Crippen molar-refractivity contribution in [3.05, 3.63) is 0 Å². The minimum atomic E-state index is 0.236. The van der Waals surface area contributed by atoms with Crippen LogP contribution in [0.15, 0.2) is 0 Å². The lowest BCUT2D eigenvalue weighted by molar-refractivity contribution is 0.0353. The number of unbranched alkanes of at least 4 members (excludes halogenated alkanes) is 1. The average molecular weight is 187 g/mol. The van der Waals surface area contributed by atoms with Crippen LogP contribution in [0.2, 0.25) is 0 Å². The van der Waals surface area contributed by atoms with E-state index in [2.05, 4.69) is 13.8 Å². The molecule has 0 aromatic carbocycles. The second-order valence-electron chi connectivity index (χ2n) is 3.59. The fourth-order valence-corrected chi connectivity index (χ4v) is 1.55. The Labute approximate surface area is 82.8 Å². The Morgan fingerprint density at radius 2 is 1.77 bits per heavy atom. The van der Waals surface area contributed by atoms with Crippen molar-refractivity contribution >= 4 is 0 Å². The second kappa shape index (κ2) is 8.52. The maximum absolute atomic E-state index is 6.05. The summed E-state index contributed by atoms with van der Waals surface area (Å²) in [6.45, 7) is 7.19. The van der Waals surface area contributed by atoms with E-state index in [1.807, 2.05) is 6.92 Å². The summed E-state index contributed by atoms with van der Waals surface area (Å²) >= 11 is 0. The molecule has 80 valence electrons. The van der Waals surface area contributed by atoms with E-state index in [0.717, 1.165) is 25.9 Å². The van der Waals surface area contributed by atoms with Gasteiger partial charge in [-0.25, -0.2) is 0 Å². The van der Waals surface area contributed by atoms with Gasteiger partial charge in [0.25, 0.3) is 0 Å². The normalized spacial score (nSPS) is 15.7. The van der Waals surface area contributed by atoms with Crippen LogP contribution < -0.4 is 5.73 Å². The Balaban J connectivity index is 3.72. The summed E-state index contributed by atoms with van der Waals surface area (Å²) in [4.78, 5) is 0. The van der Waals surface area contributed by atoms with Crippen molar-refractivity contribution in [2.45, 2.75) is 65.0 Å². The lowest BCUT2D eigenvalue weighted by Gasteiger charge is -2.23. The molecule has 0 spiro atoms. The monoisotopic (exact) mass is 187 g/mol. The number of hydrogen-bond donors (Lipinski definition) is 1. The van der Waals surface area contributed by atoms with Crippen molar-refractivity contribution in [1.29, 1.82) is 0 Å². The van der Waals surface area contributed by atoms with E-state index in [4.69, 9.17) is 10.5 Å². The summed E-state index contributed by atoms with van der Waals surface area (Å²) in [5.41, 5.74) is 6.05. The van der Waals surface area contributed by atoms with Gasteiger partial charge in [-0.1, -0.05) is 33.1 Å². The van der Waals surface area contributed by atoms with Crippen LogP contribution >= 0.6 is 0 Å². The number of hydrogen-bond acceptors (Lipinski definition) is 2. The van der Waals surface area contributed by atoms with Crippen molar-refractivity contribution in [1.82, 2.24) is 0 Å². The third-order valence-electron chi connectivity index (χ3n) is 2.32. The first-order chi connectivity index (χ1) is 6.26. The Kier molecular flexibility index (Phi) is 8.46. The highest BCUT2D eigenvalue weighted by molar-refractivity contribution is 4.72. The van der Waals surface area contributed by atoms with Crippen LogP contribution in [0.3, 0.4) is 0 Å². The van der Waals surface area contributed by atoms with E-state index in [-0.39, 0.29) is 12.1 Å². The highest BCUT2D eigenvalue weighted by atomic mass is 16.5. The molecule has 0 saturated carbocycles. The van der Waals surface area contributed by atoms with E-state index < -0.39 is 0 Å². The van der Waals surface area contributed by atoms with E-state index >= 15 is 0 Å². The molecule has 13 heavy (non-hydrogen) atoms. The zero-order valence-corrected chi connectivity index (χ0v) is 9.38. The first-order valence-corrected chi connectivity index (χ1v) is 5.63. The third-order valence-corrected chi connectivity index (χ3v) is 2.32. The standard InChI is InChI=1S/C11H25NO/c1-4-7-9-10(12)11(8-5-2)13-6-3/h10-11H,4-9,12H2,1-3H3. The van der Waals surface area contributed by atoms with Crippen LogP contribution in [-0.2, 0) is 4.74 Å². The molecule has 2 N–H and O–H groups in total. The van der Waals surface area contributed by atoms with Gasteiger partial charge in [0, 0.05) is 12.6 Å². The Morgan fingerprint density at radius 1 is 1.08 bits per heavy atom. The molecule has 0 rings (SSSR count). The molecule has 0 aliphatic carbocycles. The molecule has 0 heterocycles. The smallest absolute Gasteiger partial charge is 0.0725 e. The average Bonchev–Trinajstić information content (AvgIpc) is 2.14. The van der Waals surface area contributed by atoms with Crippen LogP contribution in [0, 0.1) is 0 Å². The van der Waals surface area contributed by atoms with Gasteiger partial charge in [-0.05, 0) is 19.8 Å². The molecular weight excluding hydrogens is 162 g/mol. The van der Waals surface area contributed by atoms with E-state index in [9.17, 15) is 0 Å². The quantitative estimate of drug-likeness (QED) is 0.634. The number of nitrogens with two attached hydrogens (primary N) is 1. The highest BCUT2D eigenvalue weighted by Gasteiger charge is 2.15. The lowest BCUT2D eigenvalue weighted by atomic mass is 10.0. The minimum Gasteiger partial charge on any atom is -0.377 e. The van der Waals surface area contributed by atoms with Crippen molar-refractivity contribution in [3.63, 3.8) is 0 Å². The maximum atomic E-state index is 6.05. The summed E-state index contributed by atoms with van der Waals surface area (Å²) in [6.07, 6.45) is 6.07. The molecule has 2 nitrogen and oxygen atoms in total. The van der Waals surface area contributed by atoms with Gasteiger partial charge in [0.05, 0.1) is 6.10 Å². The SMILES string of the molecule is CCCCC(N)C(CCC)OCC. The molecule has 0 bridgehead atoms. The fourth-order valence-electron chi connectivity index (χ4n) is 1.55. The molecule has 2 heteroatoms. The van der Waals surface area contributed by atoms with Crippen molar-refractivity contribution in [3.8, 4) is 0 Å². The third kappa shape index (κ3) is 6.05. The van der Waals surface area contributed by atoms with E-state index in [1.54, 1.807) is 0 Å². The van der Waals surface area contributed by atoms with Crippen LogP contribution in [0.4, 0.5) is 0 Å². The number of rotatable bonds is 8. The van der Waals surface area contributed by atoms with Gasteiger partial charge in [-0.2, -0.15) is 0 Å². The van der Waals surface area contributed by atoms with Crippen molar-refractivity contribution in [2.75, 3.05) is 6.61 Å². The Bertz CT molecular complexity index is 100. The molecule has 0 fully saturated rings. The molecule has 0 saturated heterocycles. The molecule has 0 radical (unpaired) electrons. The highest BCUT2D eigenvalue weighted by Crippen LogP contribution is 2.11. The van der Waals surface area contributed by atoms with Crippen LogP contribution in [0.25, 0.3) is 0 Å². The number of ether oxygens (including phenoxy) is 1. The largest absolute Gasteiger partial charge is 0.377 e. The zero-order chi connectivity index (χ0) is 10.1. The first-order valence-electron chi connectivity index (χ1n) is 5.63. The zero-order valence-electron chi connectivity index (χ0n) is 9.38. The Hall–Kier alpha value is -0.0800. The van der Waals surface area contributed by atoms with Gasteiger partial charge in [-0.3, -0.25) is 0 Å². The maximum Gasteiger partial charge on any atom is 0.0725 e. The molecule has 0 aliphatic rings. The predicted octanol–water partition coefficient (Wildman–Crippen LogP) is 2.71. The summed E-state index contributed by atoms with van der Waals surface area (Å²) in [6, 6.07) is 0.236.